The van der Waals surface area contributed by atoms with Gasteiger partial charge in [0.15, 0.2) is 0 Å². The number of nitrogens with two attached hydrogens (primary N) is 1. The molecular formula is C14H25N3O2. The van der Waals surface area contributed by atoms with E-state index < -0.39 is 0 Å². The van der Waals surface area contributed by atoms with Crippen LogP contribution in [-0.2, 0) is 6.54 Å². The lowest BCUT2D eigenvalue weighted by molar-refractivity contribution is 0.318. The molecule has 5 heteroatoms. The molecule has 1 heterocycles. The molecule has 0 saturated heterocycles. The van der Waals surface area contributed by atoms with Crippen LogP contribution in [0.25, 0.3) is 0 Å². The van der Waals surface area contributed by atoms with Crippen LogP contribution < -0.4 is 16.0 Å². The van der Waals surface area contributed by atoms with Crippen molar-refractivity contribution in [3.63, 3.8) is 0 Å². The molecule has 0 fully saturated rings. The molecule has 2 N–H and O–H groups in total. The third-order valence-electron chi connectivity index (χ3n) is 3.21. The van der Waals surface area contributed by atoms with Crippen LogP contribution >= 0.6 is 0 Å². The van der Waals surface area contributed by atoms with E-state index in [0.717, 1.165) is 12.8 Å². The summed E-state index contributed by atoms with van der Waals surface area (Å²) >= 11 is 0. The van der Waals surface area contributed by atoms with Gasteiger partial charge in [-0.3, -0.25) is 4.79 Å². The zero-order valence-corrected chi connectivity index (χ0v) is 12.0. The third-order valence-corrected chi connectivity index (χ3v) is 3.21. The Bertz CT molecular complexity index is 417. The Morgan fingerprint density at radius 2 is 2.26 bits per heavy atom. The number of hydrogen-bond donors (Lipinski definition) is 1. The van der Waals surface area contributed by atoms with Gasteiger partial charge in [0.25, 0.3) is 5.56 Å². The van der Waals surface area contributed by atoms with Crippen LogP contribution in [0.4, 0.5) is 0 Å². The summed E-state index contributed by atoms with van der Waals surface area (Å²) in [7, 11) is 0. The molecule has 0 saturated carbocycles. The van der Waals surface area contributed by atoms with Gasteiger partial charge in [0.05, 0.1) is 6.20 Å². The first-order chi connectivity index (χ1) is 9.21. The fourth-order valence-electron chi connectivity index (χ4n) is 1.97. The van der Waals surface area contributed by atoms with Gasteiger partial charge >= 0.3 is 0 Å². The van der Waals surface area contributed by atoms with Crippen LogP contribution in [0.5, 0.6) is 5.75 Å². The van der Waals surface area contributed by atoms with Crippen LogP contribution in [0.15, 0.2) is 17.1 Å². The van der Waals surface area contributed by atoms with Crippen molar-refractivity contribution >= 4 is 0 Å². The first-order valence-corrected chi connectivity index (χ1v) is 7.11. The molecule has 1 aromatic rings. The second-order valence-corrected chi connectivity index (χ2v) is 4.77. The average Bonchev–Trinajstić information content (AvgIpc) is 2.43. The molecule has 0 spiro atoms. The first-order valence-electron chi connectivity index (χ1n) is 7.11. The maximum absolute atomic E-state index is 11.9. The lowest BCUT2D eigenvalue weighted by atomic mass is 9.99. The molecule has 0 aromatic carbocycles. The van der Waals surface area contributed by atoms with Gasteiger partial charge in [0.1, 0.15) is 12.4 Å². The second-order valence-electron chi connectivity index (χ2n) is 4.77. The van der Waals surface area contributed by atoms with Crippen LogP contribution in [0.2, 0.25) is 0 Å². The highest BCUT2D eigenvalue weighted by Crippen LogP contribution is 2.14. The van der Waals surface area contributed by atoms with Crippen LogP contribution in [0, 0.1) is 5.92 Å². The summed E-state index contributed by atoms with van der Waals surface area (Å²) in [6.45, 7) is 5.86. The zero-order valence-electron chi connectivity index (χ0n) is 12.0. The first kappa shape index (κ1) is 15.7. The number of nitrogens with zero attached hydrogens (tertiary/aromatic N) is 2. The smallest absolute Gasteiger partial charge is 0.270 e. The molecule has 0 radical (unpaired) electrons. The third kappa shape index (κ3) is 5.42. The topological polar surface area (TPSA) is 70.1 Å². The Morgan fingerprint density at radius 3 is 2.84 bits per heavy atom. The zero-order chi connectivity index (χ0) is 14.1. The van der Waals surface area contributed by atoms with E-state index in [9.17, 15) is 4.79 Å². The largest absolute Gasteiger partial charge is 0.490 e. The summed E-state index contributed by atoms with van der Waals surface area (Å²) in [4.78, 5) is 11.9. The van der Waals surface area contributed by atoms with Crippen molar-refractivity contribution in [3.05, 3.63) is 22.6 Å². The molecule has 0 amide bonds. The maximum Gasteiger partial charge on any atom is 0.270 e. The maximum atomic E-state index is 11.9. The van der Waals surface area contributed by atoms with Crippen molar-refractivity contribution in [3.8, 4) is 5.75 Å². The van der Waals surface area contributed by atoms with Crippen molar-refractivity contribution in [2.24, 2.45) is 11.7 Å². The van der Waals surface area contributed by atoms with Crippen molar-refractivity contribution in [2.45, 2.75) is 46.1 Å². The summed E-state index contributed by atoms with van der Waals surface area (Å²) < 4.78 is 6.81. The number of hydrogen-bond acceptors (Lipinski definition) is 4. The van der Waals surface area contributed by atoms with Crippen LogP contribution in [0.1, 0.15) is 39.5 Å². The fraction of sp³-hybridized carbons (Fsp3) is 0.714. The van der Waals surface area contributed by atoms with E-state index in [1.807, 2.05) is 0 Å². The van der Waals surface area contributed by atoms with E-state index >= 15 is 0 Å². The molecule has 0 aliphatic rings. The molecule has 1 atom stereocenters. The number of ether oxygens (including phenoxy) is 1. The molecular weight excluding hydrogens is 242 g/mol. The van der Waals surface area contributed by atoms with Crippen molar-refractivity contribution in [2.75, 3.05) is 13.2 Å². The van der Waals surface area contributed by atoms with Gasteiger partial charge in [-0.2, -0.15) is 5.10 Å². The minimum atomic E-state index is -0.107. The quantitative estimate of drug-likeness (QED) is 0.740. The molecule has 0 aliphatic heterocycles. The Kier molecular flexibility index (Phi) is 7.18. The average molecular weight is 267 g/mol. The van der Waals surface area contributed by atoms with E-state index in [4.69, 9.17) is 10.5 Å². The summed E-state index contributed by atoms with van der Waals surface area (Å²) in [5.41, 5.74) is 5.24. The van der Waals surface area contributed by atoms with Crippen molar-refractivity contribution in [1.29, 1.82) is 0 Å². The Labute approximate surface area is 114 Å². The SMILES string of the molecule is CCCCC(CC)Cn1ncc(OCCN)cc1=O. The summed E-state index contributed by atoms with van der Waals surface area (Å²) in [5.74, 6) is 1.01. The van der Waals surface area contributed by atoms with Crippen molar-refractivity contribution in [1.82, 2.24) is 9.78 Å². The summed E-state index contributed by atoms with van der Waals surface area (Å²) in [6, 6.07) is 1.48. The van der Waals surface area contributed by atoms with Gasteiger partial charge in [-0.1, -0.05) is 33.1 Å². The molecule has 0 bridgehead atoms. The molecule has 108 valence electrons. The highest BCUT2D eigenvalue weighted by Gasteiger charge is 2.09. The highest BCUT2D eigenvalue weighted by molar-refractivity contribution is 5.13. The van der Waals surface area contributed by atoms with Crippen LogP contribution in [0.3, 0.4) is 0 Å². The van der Waals surface area contributed by atoms with Gasteiger partial charge < -0.3 is 10.5 Å². The minimum absolute atomic E-state index is 0.107. The van der Waals surface area contributed by atoms with E-state index in [1.54, 1.807) is 6.20 Å². The molecule has 1 aromatic heterocycles. The summed E-state index contributed by atoms with van der Waals surface area (Å²) in [5, 5.41) is 4.17. The Hall–Kier alpha value is -1.36. The minimum Gasteiger partial charge on any atom is -0.490 e. The van der Waals surface area contributed by atoms with E-state index in [1.165, 1.54) is 23.6 Å². The lowest BCUT2D eigenvalue weighted by Crippen LogP contribution is -2.26. The van der Waals surface area contributed by atoms with E-state index in [0.29, 0.717) is 31.4 Å². The molecule has 5 nitrogen and oxygen atoms in total. The number of unbranched alkanes of at least 4 members (excludes halogenated alkanes) is 1. The monoisotopic (exact) mass is 267 g/mol. The number of aromatic nitrogens is 2. The predicted molar refractivity (Wildman–Crippen MR) is 76.4 cm³/mol. The van der Waals surface area contributed by atoms with Crippen molar-refractivity contribution < 1.29 is 4.74 Å². The molecule has 0 aliphatic carbocycles. The summed E-state index contributed by atoms with van der Waals surface area (Å²) in [6.07, 6.45) is 6.19. The van der Waals surface area contributed by atoms with Gasteiger partial charge in [-0.25, -0.2) is 4.68 Å². The Morgan fingerprint density at radius 1 is 1.47 bits per heavy atom. The molecule has 1 rings (SSSR count). The normalized spacial score (nSPS) is 12.4. The van der Waals surface area contributed by atoms with E-state index in [2.05, 4.69) is 18.9 Å². The van der Waals surface area contributed by atoms with Crippen LogP contribution in [-0.4, -0.2) is 22.9 Å². The van der Waals surface area contributed by atoms with Gasteiger partial charge in [-0.05, 0) is 12.3 Å². The molecule has 1 unspecified atom stereocenters. The van der Waals surface area contributed by atoms with Gasteiger partial charge in [-0.15, -0.1) is 0 Å². The fourth-order valence-corrected chi connectivity index (χ4v) is 1.97. The Balaban J connectivity index is 2.65. The van der Waals surface area contributed by atoms with E-state index in [-0.39, 0.29) is 5.56 Å². The predicted octanol–water partition coefficient (Wildman–Crippen LogP) is 1.80. The second kappa shape index (κ2) is 8.69. The molecule has 19 heavy (non-hydrogen) atoms. The van der Waals surface area contributed by atoms with Gasteiger partial charge in [0, 0.05) is 19.2 Å². The number of rotatable bonds is 9. The lowest BCUT2D eigenvalue weighted by Gasteiger charge is -2.15. The standard InChI is InChI=1S/C14H25N3O2/c1-3-5-6-12(4-2)11-17-14(18)9-13(10-16-17)19-8-7-15/h9-10,12H,3-8,11,15H2,1-2H3. The van der Waals surface area contributed by atoms with Gasteiger partial charge in [0.2, 0.25) is 0 Å². The highest BCUT2D eigenvalue weighted by atomic mass is 16.5.